The second kappa shape index (κ2) is 6.75. The Morgan fingerprint density at radius 1 is 1.06 bits per heavy atom. The number of likely N-dealkylation sites (tertiary alicyclic amines) is 1. The van der Waals surface area contributed by atoms with Gasteiger partial charge in [0.15, 0.2) is 0 Å². The van der Waals surface area contributed by atoms with Crippen LogP contribution >= 0.6 is 0 Å². The molecule has 0 radical (unpaired) electrons. The molecule has 2 rings (SSSR count). The van der Waals surface area contributed by atoms with Crippen LogP contribution in [0, 0.1) is 5.92 Å². The van der Waals surface area contributed by atoms with Crippen LogP contribution in [0.2, 0.25) is 0 Å². The van der Waals surface area contributed by atoms with E-state index in [4.69, 9.17) is 0 Å². The second-order valence-electron chi connectivity index (χ2n) is 6.43. The van der Waals surface area contributed by atoms with Gasteiger partial charge in [0.2, 0.25) is 0 Å². The Balaban J connectivity index is 1.75. The highest BCUT2D eigenvalue weighted by Crippen LogP contribution is 2.25. The summed E-state index contributed by atoms with van der Waals surface area (Å²) in [5.41, 5.74) is 0. The molecule has 0 bridgehead atoms. The lowest BCUT2D eigenvalue weighted by atomic mass is 9.92. The molecule has 1 saturated carbocycles. The molecule has 0 aromatic heterocycles. The summed E-state index contributed by atoms with van der Waals surface area (Å²) in [6.07, 6.45) is 10.1. The maximum absolute atomic E-state index is 3.75. The normalized spacial score (nSPS) is 28.8. The Morgan fingerprint density at radius 2 is 1.82 bits per heavy atom. The lowest BCUT2D eigenvalue weighted by Gasteiger charge is -2.40. The minimum atomic E-state index is 0.757. The molecule has 1 saturated heterocycles. The van der Waals surface area contributed by atoms with E-state index in [2.05, 4.69) is 24.1 Å². The minimum absolute atomic E-state index is 0.757. The number of rotatable bonds is 4. The summed E-state index contributed by atoms with van der Waals surface area (Å²) in [5.74, 6) is 0.778. The van der Waals surface area contributed by atoms with Gasteiger partial charge in [0.1, 0.15) is 0 Å². The fourth-order valence-electron chi connectivity index (χ4n) is 3.35. The number of nitrogens with one attached hydrogen (secondary N) is 1. The molecule has 0 aromatic carbocycles. The summed E-state index contributed by atoms with van der Waals surface area (Å²) in [6, 6.07) is 1.67. The SMILES string of the molecule is CC(C)CNC1CCCN(C2CCCCC2)C1. The fourth-order valence-corrected chi connectivity index (χ4v) is 3.35. The van der Waals surface area contributed by atoms with Crippen molar-refractivity contribution in [2.24, 2.45) is 5.92 Å². The van der Waals surface area contributed by atoms with Crippen LogP contribution in [0.5, 0.6) is 0 Å². The van der Waals surface area contributed by atoms with E-state index in [1.165, 1.54) is 64.6 Å². The number of nitrogens with zero attached hydrogens (tertiary/aromatic N) is 1. The Kier molecular flexibility index (Phi) is 5.30. The average molecular weight is 238 g/mol. The van der Waals surface area contributed by atoms with Crippen LogP contribution in [0.1, 0.15) is 58.8 Å². The summed E-state index contributed by atoms with van der Waals surface area (Å²) >= 11 is 0. The van der Waals surface area contributed by atoms with Gasteiger partial charge in [-0.3, -0.25) is 4.90 Å². The molecule has 2 aliphatic rings. The summed E-state index contributed by atoms with van der Waals surface area (Å²) < 4.78 is 0. The van der Waals surface area contributed by atoms with Crippen LogP contribution in [0.3, 0.4) is 0 Å². The monoisotopic (exact) mass is 238 g/mol. The van der Waals surface area contributed by atoms with Gasteiger partial charge in [-0.2, -0.15) is 0 Å². The van der Waals surface area contributed by atoms with E-state index >= 15 is 0 Å². The topological polar surface area (TPSA) is 15.3 Å². The third-order valence-corrected chi connectivity index (χ3v) is 4.36. The summed E-state index contributed by atoms with van der Waals surface area (Å²) in [5, 5.41) is 3.75. The Bertz CT molecular complexity index is 209. The van der Waals surface area contributed by atoms with Crippen molar-refractivity contribution in [1.82, 2.24) is 10.2 Å². The largest absolute Gasteiger partial charge is 0.312 e. The van der Waals surface area contributed by atoms with Crippen molar-refractivity contribution in [1.29, 1.82) is 0 Å². The van der Waals surface area contributed by atoms with E-state index in [-0.39, 0.29) is 0 Å². The van der Waals surface area contributed by atoms with Gasteiger partial charge in [0.05, 0.1) is 0 Å². The Morgan fingerprint density at radius 3 is 2.53 bits per heavy atom. The lowest BCUT2D eigenvalue weighted by Crippen LogP contribution is -2.50. The van der Waals surface area contributed by atoms with Crippen LogP contribution < -0.4 is 5.32 Å². The van der Waals surface area contributed by atoms with Crippen molar-refractivity contribution in [2.75, 3.05) is 19.6 Å². The van der Waals surface area contributed by atoms with Crippen molar-refractivity contribution in [2.45, 2.75) is 70.9 Å². The van der Waals surface area contributed by atoms with Crippen LogP contribution in [0.15, 0.2) is 0 Å². The van der Waals surface area contributed by atoms with Crippen molar-refractivity contribution >= 4 is 0 Å². The molecule has 1 heterocycles. The van der Waals surface area contributed by atoms with Gasteiger partial charge >= 0.3 is 0 Å². The third-order valence-electron chi connectivity index (χ3n) is 4.36. The van der Waals surface area contributed by atoms with Crippen molar-refractivity contribution in [3.8, 4) is 0 Å². The van der Waals surface area contributed by atoms with Gasteiger partial charge in [0, 0.05) is 18.6 Å². The van der Waals surface area contributed by atoms with Crippen LogP contribution in [-0.4, -0.2) is 36.6 Å². The van der Waals surface area contributed by atoms with Crippen molar-refractivity contribution in [3.05, 3.63) is 0 Å². The maximum atomic E-state index is 3.75. The molecule has 1 aliphatic heterocycles. The number of piperidine rings is 1. The van der Waals surface area contributed by atoms with E-state index in [0.29, 0.717) is 0 Å². The summed E-state index contributed by atoms with van der Waals surface area (Å²) in [6.45, 7) is 8.44. The predicted molar refractivity (Wildman–Crippen MR) is 74.3 cm³/mol. The van der Waals surface area contributed by atoms with E-state index in [9.17, 15) is 0 Å². The molecule has 1 atom stereocenters. The van der Waals surface area contributed by atoms with E-state index in [1.807, 2.05) is 0 Å². The molecule has 0 aromatic rings. The zero-order valence-electron chi connectivity index (χ0n) is 11.8. The molecule has 100 valence electrons. The quantitative estimate of drug-likeness (QED) is 0.810. The molecule has 1 unspecified atom stereocenters. The number of hydrogen-bond acceptors (Lipinski definition) is 2. The first-order valence-corrected chi connectivity index (χ1v) is 7.73. The highest BCUT2D eigenvalue weighted by atomic mass is 15.2. The predicted octanol–water partition coefficient (Wildman–Crippen LogP) is 3.03. The Hall–Kier alpha value is -0.0800. The highest BCUT2D eigenvalue weighted by molar-refractivity contribution is 4.84. The Labute approximate surface area is 107 Å². The first-order valence-electron chi connectivity index (χ1n) is 7.73. The second-order valence-corrected chi connectivity index (χ2v) is 6.43. The molecule has 2 heteroatoms. The molecule has 0 spiro atoms. The third kappa shape index (κ3) is 4.26. The van der Waals surface area contributed by atoms with Gasteiger partial charge in [0.25, 0.3) is 0 Å². The molecule has 1 N–H and O–H groups in total. The van der Waals surface area contributed by atoms with E-state index in [0.717, 1.165) is 18.0 Å². The van der Waals surface area contributed by atoms with Crippen LogP contribution in [0.4, 0.5) is 0 Å². The summed E-state index contributed by atoms with van der Waals surface area (Å²) in [7, 11) is 0. The highest BCUT2D eigenvalue weighted by Gasteiger charge is 2.26. The van der Waals surface area contributed by atoms with Crippen molar-refractivity contribution < 1.29 is 0 Å². The molecule has 2 nitrogen and oxygen atoms in total. The molecular weight excluding hydrogens is 208 g/mol. The number of hydrogen-bond donors (Lipinski definition) is 1. The fraction of sp³-hybridized carbons (Fsp3) is 1.00. The molecular formula is C15H30N2. The first kappa shape index (κ1) is 13.4. The van der Waals surface area contributed by atoms with Crippen LogP contribution in [0.25, 0.3) is 0 Å². The van der Waals surface area contributed by atoms with E-state index < -0.39 is 0 Å². The molecule has 2 fully saturated rings. The lowest BCUT2D eigenvalue weighted by molar-refractivity contribution is 0.109. The summed E-state index contributed by atoms with van der Waals surface area (Å²) in [4.78, 5) is 2.78. The molecule has 0 amide bonds. The van der Waals surface area contributed by atoms with E-state index in [1.54, 1.807) is 0 Å². The van der Waals surface area contributed by atoms with Gasteiger partial charge in [-0.25, -0.2) is 0 Å². The van der Waals surface area contributed by atoms with Crippen LogP contribution in [-0.2, 0) is 0 Å². The average Bonchev–Trinajstić information content (AvgIpc) is 2.38. The molecule has 17 heavy (non-hydrogen) atoms. The first-order chi connectivity index (χ1) is 8.25. The zero-order chi connectivity index (χ0) is 12.1. The smallest absolute Gasteiger partial charge is 0.0195 e. The standard InChI is InChI=1S/C15H30N2/c1-13(2)11-16-14-7-6-10-17(12-14)15-8-4-3-5-9-15/h13-16H,3-12H2,1-2H3. The molecule has 1 aliphatic carbocycles. The maximum Gasteiger partial charge on any atom is 0.0195 e. The van der Waals surface area contributed by atoms with Gasteiger partial charge < -0.3 is 5.32 Å². The van der Waals surface area contributed by atoms with Gasteiger partial charge in [-0.1, -0.05) is 33.1 Å². The minimum Gasteiger partial charge on any atom is -0.312 e. The van der Waals surface area contributed by atoms with Gasteiger partial charge in [-0.15, -0.1) is 0 Å². The zero-order valence-corrected chi connectivity index (χ0v) is 11.8. The van der Waals surface area contributed by atoms with Crippen molar-refractivity contribution in [3.63, 3.8) is 0 Å². The van der Waals surface area contributed by atoms with Gasteiger partial charge in [-0.05, 0) is 44.7 Å².